The van der Waals surface area contributed by atoms with Gasteiger partial charge in [-0.2, -0.15) is 13.2 Å². The molecule has 11 heteroatoms. The monoisotopic (exact) mass is 477 g/mol. The highest BCUT2D eigenvalue weighted by molar-refractivity contribution is 8.00. The lowest BCUT2D eigenvalue weighted by Crippen LogP contribution is -2.37. The van der Waals surface area contributed by atoms with Crippen molar-refractivity contribution in [1.82, 2.24) is 14.8 Å². The zero-order valence-corrected chi connectivity index (χ0v) is 18.6. The second kappa shape index (κ2) is 9.84. The Hall–Kier alpha value is -3.05. The van der Waals surface area contributed by atoms with Crippen LogP contribution in [-0.2, 0) is 22.8 Å². The number of halogens is 3. The SMILES string of the molecule is Cn1c(SC(C(=O)Nc2cccc(C(F)(F)F)c2)c2ccccc2)nnc1N1CCOCC1. The summed E-state index contributed by atoms with van der Waals surface area (Å²) < 4.78 is 46.4. The molecule has 0 spiro atoms. The number of nitrogens with zero attached hydrogens (tertiary/aromatic N) is 4. The summed E-state index contributed by atoms with van der Waals surface area (Å²) in [4.78, 5) is 15.3. The molecular weight excluding hydrogens is 455 g/mol. The number of hydrogen-bond acceptors (Lipinski definition) is 6. The minimum atomic E-state index is -4.50. The third kappa shape index (κ3) is 5.48. The molecule has 0 aliphatic carbocycles. The van der Waals surface area contributed by atoms with E-state index in [1.165, 1.54) is 23.9 Å². The minimum Gasteiger partial charge on any atom is -0.378 e. The Labute approximate surface area is 192 Å². The van der Waals surface area contributed by atoms with Crippen molar-refractivity contribution < 1.29 is 22.7 Å². The number of rotatable bonds is 6. The largest absolute Gasteiger partial charge is 0.416 e. The Bertz CT molecular complexity index is 1100. The van der Waals surface area contributed by atoms with Crippen molar-refractivity contribution >= 4 is 29.3 Å². The number of morpholine rings is 1. The fourth-order valence-corrected chi connectivity index (χ4v) is 4.43. The van der Waals surface area contributed by atoms with Crippen molar-refractivity contribution in [2.24, 2.45) is 7.05 Å². The number of anilines is 2. The molecule has 1 unspecified atom stereocenters. The zero-order chi connectivity index (χ0) is 23.4. The number of amides is 1. The Morgan fingerprint density at radius 1 is 1.09 bits per heavy atom. The van der Waals surface area contributed by atoms with Crippen LogP contribution in [0.15, 0.2) is 59.8 Å². The molecule has 7 nitrogen and oxygen atoms in total. The summed E-state index contributed by atoms with van der Waals surface area (Å²) in [6, 6.07) is 13.6. The van der Waals surface area contributed by atoms with E-state index >= 15 is 0 Å². The third-order valence-corrected chi connectivity index (χ3v) is 6.42. The molecule has 1 N–H and O–H groups in total. The smallest absolute Gasteiger partial charge is 0.378 e. The molecule has 3 aromatic rings. The van der Waals surface area contributed by atoms with E-state index < -0.39 is 22.9 Å². The molecule has 2 heterocycles. The summed E-state index contributed by atoms with van der Waals surface area (Å²) in [6.45, 7) is 2.58. The number of nitrogens with one attached hydrogen (secondary N) is 1. The van der Waals surface area contributed by atoms with Crippen LogP contribution in [0.4, 0.5) is 24.8 Å². The Balaban J connectivity index is 1.58. The van der Waals surface area contributed by atoms with Gasteiger partial charge >= 0.3 is 6.18 Å². The second-order valence-electron chi connectivity index (χ2n) is 7.42. The number of alkyl halides is 3. The number of carbonyl (C=O) groups is 1. The highest BCUT2D eigenvalue weighted by atomic mass is 32.2. The first-order valence-corrected chi connectivity index (χ1v) is 11.1. The van der Waals surface area contributed by atoms with Gasteiger partial charge in [-0.25, -0.2) is 0 Å². The standard InChI is InChI=1S/C22H22F3N5O2S/c1-29-20(30-10-12-32-13-11-30)27-28-21(29)33-18(15-6-3-2-4-7-15)19(31)26-17-9-5-8-16(14-17)22(23,24)25/h2-9,14,18H,10-13H2,1H3,(H,26,31). The van der Waals surface area contributed by atoms with E-state index in [-0.39, 0.29) is 5.69 Å². The van der Waals surface area contributed by atoms with E-state index in [4.69, 9.17) is 4.74 Å². The molecule has 1 fully saturated rings. The zero-order valence-electron chi connectivity index (χ0n) is 17.7. The van der Waals surface area contributed by atoms with Gasteiger partial charge < -0.3 is 15.0 Å². The predicted octanol–water partition coefficient (Wildman–Crippen LogP) is 4.14. The molecule has 0 bridgehead atoms. The summed E-state index contributed by atoms with van der Waals surface area (Å²) in [6.07, 6.45) is -4.50. The summed E-state index contributed by atoms with van der Waals surface area (Å²) in [5.41, 5.74) is -0.0566. The normalized spacial score (nSPS) is 15.3. The first-order valence-electron chi connectivity index (χ1n) is 10.2. The molecule has 1 aliphatic heterocycles. The Morgan fingerprint density at radius 3 is 2.52 bits per heavy atom. The Morgan fingerprint density at radius 2 is 1.82 bits per heavy atom. The number of hydrogen-bond donors (Lipinski definition) is 1. The molecule has 2 aromatic carbocycles. The van der Waals surface area contributed by atoms with E-state index in [1.807, 2.05) is 17.7 Å². The van der Waals surface area contributed by atoms with Crippen molar-refractivity contribution in [3.05, 3.63) is 65.7 Å². The molecule has 1 amide bonds. The summed E-state index contributed by atoms with van der Waals surface area (Å²) in [7, 11) is 1.82. The van der Waals surface area contributed by atoms with Gasteiger partial charge in [0.1, 0.15) is 5.25 Å². The van der Waals surface area contributed by atoms with E-state index in [2.05, 4.69) is 20.4 Å². The summed E-state index contributed by atoms with van der Waals surface area (Å²) >= 11 is 1.19. The van der Waals surface area contributed by atoms with Crippen LogP contribution < -0.4 is 10.2 Å². The molecule has 0 saturated carbocycles. The van der Waals surface area contributed by atoms with Gasteiger partial charge in [0.25, 0.3) is 0 Å². The third-order valence-electron chi connectivity index (χ3n) is 5.13. The van der Waals surface area contributed by atoms with Gasteiger partial charge in [0, 0.05) is 25.8 Å². The number of ether oxygens (including phenoxy) is 1. The number of aromatic nitrogens is 3. The predicted molar refractivity (Wildman–Crippen MR) is 119 cm³/mol. The van der Waals surface area contributed by atoms with E-state index in [9.17, 15) is 18.0 Å². The highest BCUT2D eigenvalue weighted by Gasteiger charge is 2.31. The van der Waals surface area contributed by atoms with E-state index in [0.717, 1.165) is 12.1 Å². The maximum absolute atomic E-state index is 13.2. The van der Waals surface area contributed by atoms with Crippen LogP contribution in [0.3, 0.4) is 0 Å². The van der Waals surface area contributed by atoms with Gasteiger partial charge in [-0.05, 0) is 23.8 Å². The Kier molecular flexibility index (Phi) is 6.89. The minimum absolute atomic E-state index is 0.0725. The van der Waals surface area contributed by atoms with Crippen molar-refractivity contribution in [3.8, 4) is 0 Å². The molecule has 1 atom stereocenters. The lowest BCUT2D eigenvalue weighted by molar-refractivity contribution is -0.137. The molecular formula is C22H22F3N5O2S. The molecule has 1 aliphatic rings. The quantitative estimate of drug-likeness (QED) is 0.538. The fourth-order valence-electron chi connectivity index (χ4n) is 3.44. The summed E-state index contributed by atoms with van der Waals surface area (Å²) in [5, 5.41) is 10.9. The van der Waals surface area contributed by atoms with E-state index in [0.29, 0.717) is 43.0 Å². The first kappa shape index (κ1) is 23.1. The molecule has 0 radical (unpaired) electrons. The van der Waals surface area contributed by atoms with Gasteiger partial charge in [-0.15, -0.1) is 10.2 Å². The fraction of sp³-hybridized carbons (Fsp3) is 0.318. The number of thioether (sulfide) groups is 1. The van der Waals surface area contributed by atoms with Crippen LogP contribution in [0.25, 0.3) is 0 Å². The van der Waals surface area contributed by atoms with Gasteiger partial charge in [0.2, 0.25) is 11.9 Å². The molecule has 1 aromatic heterocycles. The molecule has 4 rings (SSSR count). The van der Waals surface area contributed by atoms with Crippen LogP contribution in [0, 0.1) is 0 Å². The van der Waals surface area contributed by atoms with Crippen molar-refractivity contribution in [2.75, 3.05) is 36.5 Å². The van der Waals surface area contributed by atoms with Gasteiger partial charge in [0.15, 0.2) is 5.16 Å². The van der Waals surface area contributed by atoms with Crippen LogP contribution in [0.5, 0.6) is 0 Å². The maximum atomic E-state index is 13.2. The topological polar surface area (TPSA) is 72.3 Å². The van der Waals surface area contributed by atoms with Crippen LogP contribution in [0.2, 0.25) is 0 Å². The van der Waals surface area contributed by atoms with Crippen molar-refractivity contribution in [2.45, 2.75) is 16.6 Å². The first-order chi connectivity index (χ1) is 15.8. The van der Waals surface area contributed by atoms with Gasteiger partial charge in [-0.3, -0.25) is 9.36 Å². The number of carbonyl (C=O) groups excluding carboxylic acids is 1. The second-order valence-corrected chi connectivity index (χ2v) is 8.49. The molecule has 33 heavy (non-hydrogen) atoms. The van der Waals surface area contributed by atoms with Gasteiger partial charge in [0.05, 0.1) is 18.8 Å². The van der Waals surface area contributed by atoms with Crippen molar-refractivity contribution in [3.63, 3.8) is 0 Å². The average Bonchev–Trinajstić information content (AvgIpc) is 3.18. The van der Waals surface area contributed by atoms with E-state index in [1.54, 1.807) is 24.3 Å². The van der Waals surface area contributed by atoms with Gasteiger partial charge in [-0.1, -0.05) is 48.2 Å². The summed E-state index contributed by atoms with van der Waals surface area (Å²) in [5.74, 6) is 0.215. The molecule has 174 valence electrons. The lowest BCUT2D eigenvalue weighted by Gasteiger charge is -2.27. The average molecular weight is 478 g/mol. The number of benzene rings is 2. The van der Waals surface area contributed by atoms with Crippen LogP contribution in [0.1, 0.15) is 16.4 Å². The van der Waals surface area contributed by atoms with Crippen molar-refractivity contribution in [1.29, 1.82) is 0 Å². The van der Waals surface area contributed by atoms with Crippen LogP contribution in [-0.4, -0.2) is 47.0 Å². The van der Waals surface area contributed by atoms with Crippen LogP contribution >= 0.6 is 11.8 Å². The maximum Gasteiger partial charge on any atom is 0.416 e. The highest BCUT2D eigenvalue weighted by Crippen LogP contribution is 2.37. The molecule has 1 saturated heterocycles. The lowest BCUT2D eigenvalue weighted by atomic mass is 10.1.